The van der Waals surface area contributed by atoms with Crippen LogP contribution in [-0.4, -0.2) is 7.11 Å². The Labute approximate surface area is 70.3 Å². The highest BCUT2D eigenvalue weighted by Gasteiger charge is 2.04. The van der Waals surface area contributed by atoms with Crippen LogP contribution in [0.25, 0.3) is 0 Å². The first-order chi connectivity index (χ1) is 5.27. The lowest BCUT2D eigenvalue weighted by molar-refractivity contribution is 0.416. The van der Waals surface area contributed by atoms with Gasteiger partial charge in [-0.25, -0.2) is 0 Å². The number of methoxy groups -OCH3 is 1. The zero-order valence-corrected chi connectivity index (χ0v) is 7.23. The van der Waals surface area contributed by atoms with E-state index in [1.54, 1.807) is 24.5 Å². The predicted molar refractivity (Wildman–Crippen MR) is 48.0 cm³/mol. The highest BCUT2D eigenvalue weighted by molar-refractivity contribution is 7.10. The second-order valence-corrected chi connectivity index (χ2v) is 3.09. The van der Waals surface area contributed by atoms with Crippen LogP contribution in [0.2, 0.25) is 0 Å². The van der Waals surface area contributed by atoms with E-state index in [4.69, 9.17) is 10.5 Å². The summed E-state index contributed by atoms with van der Waals surface area (Å²) in [5, 5.41) is 1.93. The minimum Gasteiger partial charge on any atom is -0.496 e. The summed E-state index contributed by atoms with van der Waals surface area (Å²) in [6, 6.07) is 1.86. The Morgan fingerprint density at radius 2 is 2.55 bits per heavy atom. The van der Waals surface area contributed by atoms with Crippen molar-refractivity contribution >= 4 is 11.3 Å². The minimum absolute atomic E-state index is 0.0658. The third-order valence-electron chi connectivity index (χ3n) is 1.41. The van der Waals surface area contributed by atoms with E-state index in [1.165, 1.54) is 0 Å². The Morgan fingerprint density at radius 1 is 1.82 bits per heavy atom. The predicted octanol–water partition coefficient (Wildman–Crippen LogP) is 1.94. The summed E-state index contributed by atoms with van der Waals surface area (Å²) < 4.78 is 5.01. The fourth-order valence-corrected chi connectivity index (χ4v) is 1.59. The summed E-state index contributed by atoms with van der Waals surface area (Å²) in [6.45, 7) is 3.61. The molecule has 0 aliphatic heterocycles. The van der Waals surface area contributed by atoms with Crippen molar-refractivity contribution in [3.05, 3.63) is 29.0 Å². The first-order valence-corrected chi connectivity index (χ1v) is 4.16. The van der Waals surface area contributed by atoms with Crippen LogP contribution in [0, 0.1) is 0 Å². The van der Waals surface area contributed by atoms with Crippen molar-refractivity contribution in [3.8, 4) is 5.75 Å². The Morgan fingerprint density at radius 3 is 3.00 bits per heavy atom. The smallest absolute Gasteiger partial charge is 0.129 e. The van der Waals surface area contributed by atoms with Gasteiger partial charge < -0.3 is 10.5 Å². The van der Waals surface area contributed by atoms with Gasteiger partial charge in [0.15, 0.2) is 0 Å². The van der Waals surface area contributed by atoms with Gasteiger partial charge >= 0.3 is 0 Å². The highest BCUT2D eigenvalue weighted by atomic mass is 32.1. The van der Waals surface area contributed by atoms with Crippen molar-refractivity contribution in [1.82, 2.24) is 0 Å². The maximum Gasteiger partial charge on any atom is 0.129 e. The summed E-state index contributed by atoms with van der Waals surface area (Å²) in [6.07, 6.45) is 1.71. The van der Waals surface area contributed by atoms with Crippen LogP contribution in [0.4, 0.5) is 0 Å². The molecule has 0 aliphatic rings. The van der Waals surface area contributed by atoms with Gasteiger partial charge in [-0.15, -0.1) is 17.9 Å². The van der Waals surface area contributed by atoms with E-state index < -0.39 is 0 Å². The maximum absolute atomic E-state index is 5.70. The molecule has 0 radical (unpaired) electrons. The molecular weight excluding hydrogens is 158 g/mol. The van der Waals surface area contributed by atoms with Gasteiger partial charge in [0.1, 0.15) is 5.75 Å². The maximum atomic E-state index is 5.70. The van der Waals surface area contributed by atoms with Crippen molar-refractivity contribution in [2.75, 3.05) is 7.11 Å². The van der Waals surface area contributed by atoms with Crippen LogP contribution >= 0.6 is 11.3 Å². The van der Waals surface area contributed by atoms with E-state index in [0.29, 0.717) is 0 Å². The average Bonchev–Trinajstić information content (AvgIpc) is 2.50. The molecule has 0 saturated carbocycles. The average molecular weight is 169 g/mol. The molecule has 0 fully saturated rings. The normalized spacial score (nSPS) is 12.5. The van der Waals surface area contributed by atoms with Crippen molar-refractivity contribution in [3.63, 3.8) is 0 Å². The van der Waals surface area contributed by atoms with Gasteiger partial charge in [-0.3, -0.25) is 0 Å². The molecule has 1 unspecified atom stereocenters. The molecule has 0 aliphatic carbocycles. The Kier molecular flexibility index (Phi) is 2.68. The van der Waals surface area contributed by atoms with E-state index in [-0.39, 0.29) is 6.04 Å². The zero-order chi connectivity index (χ0) is 8.27. The molecule has 1 aromatic heterocycles. The van der Waals surface area contributed by atoms with Gasteiger partial charge in [0.2, 0.25) is 0 Å². The van der Waals surface area contributed by atoms with Crippen LogP contribution in [0.1, 0.15) is 10.9 Å². The minimum atomic E-state index is -0.0658. The molecule has 1 atom stereocenters. The van der Waals surface area contributed by atoms with E-state index in [9.17, 15) is 0 Å². The first-order valence-electron chi connectivity index (χ1n) is 3.28. The van der Waals surface area contributed by atoms with Crippen LogP contribution in [0.3, 0.4) is 0 Å². The van der Waals surface area contributed by atoms with Crippen molar-refractivity contribution in [1.29, 1.82) is 0 Å². The molecule has 11 heavy (non-hydrogen) atoms. The number of hydrogen-bond donors (Lipinski definition) is 1. The molecule has 60 valence electrons. The fraction of sp³-hybridized carbons (Fsp3) is 0.250. The van der Waals surface area contributed by atoms with Crippen LogP contribution in [0.5, 0.6) is 5.75 Å². The van der Waals surface area contributed by atoms with Gasteiger partial charge in [0.05, 0.1) is 13.2 Å². The van der Waals surface area contributed by atoms with E-state index in [1.807, 2.05) is 11.4 Å². The van der Waals surface area contributed by atoms with Gasteiger partial charge in [-0.1, -0.05) is 6.08 Å². The van der Waals surface area contributed by atoms with Gasteiger partial charge in [-0.05, 0) is 6.07 Å². The topological polar surface area (TPSA) is 35.2 Å². The molecule has 3 heteroatoms. The molecule has 0 aromatic carbocycles. The lowest BCUT2D eigenvalue weighted by atomic mass is 10.2. The van der Waals surface area contributed by atoms with Crippen LogP contribution in [-0.2, 0) is 0 Å². The third-order valence-corrected chi connectivity index (χ3v) is 2.43. The van der Waals surface area contributed by atoms with Crippen molar-refractivity contribution in [2.45, 2.75) is 6.04 Å². The van der Waals surface area contributed by atoms with Crippen molar-refractivity contribution in [2.24, 2.45) is 5.73 Å². The zero-order valence-electron chi connectivity index (χ0n) is 6.41. The molecule has 2 nitrogen and oxygen atoms in total. The second kappa shape index (κ2) is 3.55. The lowest BCUT2D eigenvalue weighted by Crippen LogP contribution is -2.03. The standard InChI is InChI=1S/C8H11NOS/c1-3-7(9)8-4-6(10-2)5-11-8/h3-5,7H,1,9H2,2H3. The molecular formula is C8H11NOS. The molecule has 0 saturated heterocycles. The summed E-state index contributed by atoms with van der Waals surface area (Å²) in [5.41, 5.74) is 5.70. The molecule has 2 N–H and O–H groups in total. The Balaban J connectivity index is 2.79. The second-order valence-electron chi connectivity index (χ2n) is 2.15. The molecule has 0 spiro atoms. The van der Waals surface area contributed by atoms with Crippen molar-refractivity contribution < 1.29 is 4.74 Å². The number of rotatable bonds is 3. The number of nitrogens with two attached hydrogens (primary N) is 1. The summed E-state index contributed by atoms with van der Waals surface area (Å²) in [4.78, 5) is 1.08. The molecule has 0 bridgehead atoms. The monoisotopic (exact) mass is 169 g/mol. The highest BCUT2D eigenvalue weighted by Crippen LogP contribution is 2.25. The van der Waals surface area contributed by atoms with E-state index in [0.717, 1.165) is 10.6 Å². The Bertz CT molecular complexity index is 244. The van der Waals surface area contributed by atoms with Gasteiger partial charge in [-0.2, -0.15) is 0 Å². The fourth-order valence-electron chi connectivity index (χ4n) is 0.732. The Hall–Kier alpha value is -0.800. The van der Waals surface area contributed by atoms with E-state index in [2.05, 4.69) is 6.58 Å². The summed E-state index contributed by atoms with van der Waals surface area (Å²) in [5.74, 6) is 0.863. The van der Waals surface area contributed by atoms with E-state index >= 15 is 0 Å². The van der Waals surface area contributed by atoms with Gasteiger partial charge in [0, 0.05) is 10.3 Å². The largest absolute Gasteiger partial charge is 0.496 e. The molecule has 1 rings (SSSR count). The molecule has 1 heterocycles. The van der Waals surface area contributed by atoms with Crippen LogP contribution < -0.4 is 10.5 Å². The SMILES string of the molecule is C=CC(N)c1cc(OC)cs1. The number of ether oxygens (including phenoxy) is 1. The van der Waals surface area contributed by atoms with Crippen LogP contribution in [0.15, 0.2) is 24.1 Å². The van der Waals surface area contributed by atoms with Gasteiger partial charge in [0.25, 0.3) is 0 Å². The summed E-state index contributed by atoms with van der Waals surface area (Å²) >= 11 is 1.59. The molecule has 1 aromatic rings. The third kappa shape index (κ3) is 1.82. The lowest BCUT2D eigenvalue weighted by Gasteiger charge is -1.99. The molecule has 0 amide bonds. The number of hydrogen-bond acceptors (Lipinski definition) is 3. The quantitative estimate of drug-likeness (QED) is 0.702. The first kappa shape index (κ1) is 8.30. The number of thiophene rings is 1. The summed E-state index contributed by atoms with van der Waals surface area (Å²) in [7, 11) is 1.64.